The Bertz CT molecular complexity index is 434. The molecule has 3 nitrogen and oxygen atoms in total. The normalized spacial score (nSPS) is 19.8. The fourth-order valence-corrected chi connectivity index (χ4v) is 3.02. The van der Waals surface area contributed by atoms with Crippen molar-refractivity contribution in [3.63, 3.8) is 0 Å². The van der Waals surface area contributed by atoms with Crippen LogP contribution in [0.1, 0.15) is 65.5 Å². The SMILES string of the molecule is CCCC1CCCCN1c1cccc(CNC(C)(C)C)n1. The fourth-order valence-electron chi connectivity index (χ4n) is 3.02. The number of nitrogens with one attached hydrogen (secondary N) is 1. The van der Waals surface area contributed by atoms with Gasteiger partial charge in [-0.05, 0) is 58.6 Å². The first kappa shape index (κ1) is 16.3. The summed E-state index contributed by atoms with van der Waals surface area (Å²) in [5.74, 6) is 1.17. The number of anilines is 1. The van der Waals surface area contributed by atoms with Gasteiger partial charge in [-0.1, -0.05) is 19.4 Å². The first-order valence-electron chi connectivity index (χ1n) is 8.47. The molecule has 1 fully saturated rings. The highest BCUT2D eigenvalue weighted by atomic mass is 15.2. The average Bonchev–Trinajstić information content (AvgIpc) is 2.46. The van der Waals surface area contributed by atoms with Gasteiger partial charge >= 0.3 is 0 Å². The van der Waals surface area contributed by atoms with Gasteiger partial charge in [0.15, 0.2) is 0 Å². The number of hydrogen-bond donors (Lipinski definition) is 1. The minimum absolute atomic E-state index is 0.132. The largest absolute Gasteiger partial charge is 0.354 e. The van der Waals surface area contributed by atoms with E-state index >= 15 is 0 Å². The lowest BCUT2D eigenvalue weighted by Crippen LogP contribution is -2.40. The second-order valence-electron chi connectivity index (χ2n) is 7.22. The highest BCUT2D eigenvalue weighted by Gasteiger charge is 2.22. The molecule has 0 aromatic carbocycles. The van der Waals surface area contributed by atoms with E-state index in [2.05, 4.69) is 56.1 Å². The Labute approximate surface area is 130 Å². The van der Waals surface area contributed by atoms with Gasteiger partial charge in [-0.3, -0.25) is 0 Å². The maximum absolute atomic E-state index is 4.90. The highest BCUT2D eigenvalue weighted by molar-refractivity contribution is 5.41. The molecule has 1 aromatic rings. The molecule has 1 saturated heterocycles. The van der Waals surface area contributed by atoms with Gasteiger partial charge in [0, 0.05) is 24.7 Å². The van der Waals surface area contributed by atoms with Crippen molar-refractivity contribution in [1.82, 2.24) is 10.3 Å². The molecule has 1 aliphatic heterocycles. The molecule has 1 aromatic heterocycles. The van der Waals surface area contributed by atoms with Crippen LogP contribution in [0, 0.1) is 0 Å². The van der Waals surface area contributed by atoms with E-state index in [4.69, 9.17) is 4.98 Å². The second kappa shape index (κ2) is 7.26. The average molecular weight is 289 g/mol. The Morgan fingerprint density at radius 1 is 1.29 bits per heavy atom. The lowest BCUT2D eigenvalue weighted by atomic mass is 9.98. The summed E-state index contributed by atoms with van der Waals surface area (Å²) in [6.45, 7) is 10.9. The molecule has 0 saturated carbocycles. The van der Waals surface area contributed by atoms with Gasteiger partial charge in [0.1, 0.15) is 5.82 Å². The quantitative estimate of drug-likeness (QED) is 0.883. The van der Waals surface area contributed by atoms with E-state index in [0.717, 1.165) is 18.8 Å². The van der Waals surface area contributed by atoms with Crippen LogP contribution in [0.3, 0.4) is 0 Å². The molecule has 2 rings (SSSR count). The van der Waals surface area contributed by atoms with Crippen molar-refractivity contribution in [3.05, 3.63) is 23.9 Å². The van der Waals surface area contributed by atoms with Crippen LogP contribution in [0.25, 0.3) is 0 Å². The summed E-state index contributed by atoms with van der Waals surface area (Å²) < 4.78 is 0. The van der Waals surface area contributed by atoms with Gasteiger partial charge in [-0.25, -0.2) is 4.98 Å². The van der Waals surface area contributed by atoms with Crippen molar-refractivity contribution in [2.45, 2.75) is 77.9 Å². The lowest BCUT2D eigenvalue weighted by molar-refractivity contribution is 0.418. The molecule has 0 amide bonds. The third kappa shape index (κ3) is 4.99. The minimum atomic E-state index is 0.132. The smallest absolute Gasteiger partial charge is 0.129 e. The van der Waals surface area contributed by atoms with E-state index in [1.165, 1.54) is 37.9 Å². The van der Waals surface area contributed by atoms with Crippen LogP contribution in [0.5, 0.6) is 0 Å². The van der Waals surface area contributed by atoms with Crippen LogP contribution in [0.4, 0.5) is 5.82 Å². The number of piperidine rings is 1. The monoisotopic (exact) mass is 289 g/mol. The van der Waals surface area contributed by atoms with Crippen molar-refractivity contribution in [2.24, 2.45) is 0 Å². The maximum atomic E-state index is 4.90. The van der Waals surface area contributed by atoms with Crippen molar-refractivity contribution < 1.29 is 0 Å². The molecule has 1 aliphatic rings. The molecule has 0 spiro atoms. The Hall–Kier alpha value is -1.09. The molecular formula is C18H31N3. The third-order valence-corrected chi connectivity index (χ3v) is 4.14. The van der Waals surface area contributed by atoms with Crippen LogP contribution in [-0.4, -0.2) is 23.1 Å². The number of nitrogens with zero attached hydrogens (tertiary/aromatic N) is 2. The van der Waals surface area contributed by atoms with Crippen molar-refractivity contribution >= 4 is 5.82 Å². The predicted octanol–water partition coefficient (Wildman–Crippen LogP) is 4.13. The van der Waals surface area contributed by atoms with E-state index in [-0.39, 0.29) is 5.54 Å². The van der Waals surface area contributed by atoms with Crippen LogP contribution < -0.4 is 10.2 Å². The molecule has 0 bridgehead atoms. The van der Waals surface area contributed by atoms with E-state index in [1.807, 2.05) is 0 Å². The lowest BCUT2D eigenvalue weighted by Gasteiger charge is -2.37. The van der Waals surface area contributed by atoms with Crippen LogP contribution in [0.15, 0.2) is 18.2 Å². The molecular weight excluding hydrogens is 258 g/mol. The summed E-state index contributed by atoms with van der Waals surface area (Å²) >= 11 is 0. The summed E-state index contributed by atoms with van der Waals surface area (Å²) in [4.78, 5) is 7.43. The third-order valence-electron chi connectivity index (χ3n) is 4.14. The molecule has 2 heterocycles. The zero-order valence-corrected chi connectivity index (χ0v) is 14.2. The summed E-state index contributed by atoms with van der Waals surface area (Å²) in [6.07, 6.45) is 6.53. The van der Waals surface area contributed by atoms with E-state index in [9.17, 15) is 0 Å². The maximum Gasteiger partial charge on any atom is 0.129 e. The summed E-state index contributed by atoms with van der Waals surface area (Å²) in [5.41, 5.74) is 1.27. The van der Waals surface area contributed by atoms with Gasteiger partial charge in [-0.2, -0.15) is 0 Å². The molecule has 3 heteroatoms. The molecule has 21 heavy (non-hydrogen) atoms. The van der Waals surface area contributed by atoms with Gasteiger partial charge in [0.2, 0.25) is 0 Å². The predicted molar refractivity (Wildman–Crippen MR) is 90.7 cm³/mol. The zero-order chi connectivity index (χ0) is 15.3. The van der Waals surface area contributed by atoms with E-state index in [0.29, 0.717) is 6.04 Å². The Balaban J connectivity index is 2.08. The van der Waals surface area contributed by atoms with Gasteiger partial charge in [0.25, 0.3) is 0 Å². The minimum Gasteiger partial charge on any atom is -0.354 e. The number of hydrogen-bond acceptors (Lipinski definition) is 3. The highest BCUT2D eigenvalue weighted by Crippen LogP contribution is 2.26. The first-order valence-corrected chi connectivity index (χ1v) is 8.47. The number of pyridine rings is 1. The Kier molecular flexibility index (Phi) is 5.63. The standard InChI is InChI=1S/C18H31N3/c1-5-9-16-11-6-7-13-21(16)17-12-8-10-15(20-17)14-19-18(2,3)4/h8,10,12,16,19H,5-7,9,11,13-14H2,1-4H3. The van der Waals surface area contributed by atoms with Crippen molar-refractivity contribution in [1.29, 1.82) is 0 Å². The van der Waals surface area contributed by atoms with Gasteiger partial charge in [0.05, 0.1) is 5.69 Å². The first-order chi connectivity index (χ1) is 9.99. The Morgan fingerprint density at radius 2 is 2.10 bits per heavy atom. The zero-order valence-electron chi connectivity index (χ0n) is 14.2. The fraction of sp³-hybridized carbons (Fsp3) is 0.722. The van der Waals surface area contributed by atoms with Crippen molar-refractivity contribution in [3.8, 4) is 0 Å². The Morgan fingerprint density at radius 3 is 2.81 bits per heavy atom. The van der Waals surface area contributed by atoms with Gasteiger partial charge < -0.3 is 10.2 Å². The second-order valence-corrected chi connectivity index (χ2v) is 7.22. The van der Waals surface area contributed by atoms with Crippen LogP contribution in [-0.2, 0) is 6.54 Å². The summed E-state index contributed by atoms with van der Waals surface area (Å²) in [6, 6.07) is 7.14. The van der Waals surface area contributed by atoms with E-state index in [1.54, 1.807) is 0 Å². The summed E-state index contributed by atoms with van der Waals surface area (Å²) in [5, 5.41) is 3.52. The van der Waals surface area contributed by atoms with Crippen LogP contribution in [0.2, 0.25) is 0 Å². The van der Waals surface area contributed by atoms with Crippen molar-refractivity contribution in [2.75, 3.05) is 11.4 Å². The molecule has 1 N–H and O–H groups in total. The summed E-state index contributed by atoms with van der Waals surface area (Å²) in [7, 11) is 0. The number of aromatic nitrogens is 1. The number of rotatable bonds is 5. The molecule has 118 valence electrons. The molecule has 0 radical (unpaired) electrons. The van der Waals surface area contributed by atoms with Gasteiger partial charge in [-0.15, -0.1) is 0 Å². The van der Waals surface area contributed by atoms with Crippen LogP contribution >= 0.6 is 0 Å². The molecule has 1 unspecified atom stereocenters. The molecule has 0 aliphatic carbocycles. The topological polar surface area (TPSA) is 28.2 Å². The van der Waals surface area contributed by atoms with E-state index < -0.39 is 0 Å². The molecule has 1 atom stereocenters.